The molecule has 0 saturated heterocycles. The Morgan fingerprint density at radius 3 is 2.83 bits per heavy atom. The lowest BCUT2D eigenvalue weighted by molar-refractivity contribution is -0.615. The third-order valence-electron chi connectivity index (χ3n) is 3.67. The van der Waals surface area contributed by atoms with Crippen LogP contribution in [0, 0.1) is 19.1 Å². The van der Waals surface area contributed by atoms with Gasteiger partial charge >= 0.3 is 0 Å². The summed E-state index contributed by atoms with van der Waals surface area (Å²) in [6.45, 7) is 3.99. The van der Waals surface area contributed by atoms with E-state index in [4.69, 9.17) is 10.5 Å². The van der Waals surface area contributed by atoms with Gasteiger partial charge in [-0.2, -0.15) is 9.71 Å². The summed E-state index contributed by atoms with van der Waals surface area (Å²) in [5, 5.41) is 12.3. The number of aromatic nitrogens is 5. The quantitative estimate of drug-likeness (QED) is 0.420. The van der Waals surface area contributed by atoms with Crippen molar-refractivity contribution in [2.24, 2.45) is 0 Å². The minimum Gasteiger partial charge on any atom is -0.618 e. The summed E-state index contributed by atoms with van der Waals surface area (Å²) >= 11 is 3.31. The van der Waals surface area contributed by atoms with Gasteiger partial charge in [-0.1, -0.05) is 0 Å². The maximum absolute atomic E-state index is 12.3. The van der Waals surface area contributed by atoms with E-state index in [1.807, 2.05) is 13.8 Å². The molecule has 0 atom stereocenters. The van der Waals surface area contributed by atoms with E-state index < -0.39 is 0 Å². The predicted octanol–water partition coefficient (Wildman–Crippen LogP) is 1.48. The number of fused-ring (bicyclic) bond motifs is 1. The zero-order valence-corrected chi connectivity index (χ0v) is 14.5. The molecule has 3 aromatic rings. The lowest BCUT2D eigenvalue weighted by atomic mass is 10.1. The van der Waals surface area contributed by atoms with E-state index in [1.165, 1.54) is 6.20 Å². The van der Waals surface area contributed by atoms with Crippen molar-refractivity contribution in [2.75, 3.05) is 12.8 Å². The molecule has 3 aromatic heterocycles. The van der Waals surface area contributed by atoms with Gasteiger partial charge in [0.25, 0.3) is 0 Å². The molecule has 0 saturated carbocycles. The first-order valence-electron chi connectivity index (χ1n) is 6.82. The molecule has 2 N–H and O–H groups in total. The van der Waals surface area contributed by atoms with Gasteiger partial charge in [0.15, 0.2) is 11.8 Å². The number of rotatable bonds is 3. The van der Waals surface area contributed by atoms with Gasteiger partial charge in [-0.05, 0) is 29.8 Å². The largest absolute Gasteiger partial charge is 0.618 e. The molecule has 0 radical (unpaired) electrons. The molecule has 0 amide bonds. The van der Waals surface area contributed by atoms with Gasteiger partial charge in [-0.3, -0.25) is 0 Å². The second-order valence-electron chi connectivity index (χ2n) is 5.16. The summed E-state index contributed by atoms with van der Waals surface area (Å²) in [6, 6.07) is 0. The fourth-order valence-corrected chi connectivity index (χ4v) is 3.07. The molecule has 3 heterocycles. The van der Waals surface area contributed by atoms with Gasteiger partial charge < -0.3 is 20.2 Å². The van der Waals surface area contributed by atoms with Gasteiger partial charge in [0.05, 0.1) is 24.6 Å². The standard InChI is InChI=1S/C14H15BrN6O2/c1-7-4-21(22)9(8(2)11(7)23-3)5-20-6-17-10-12(15)18-14(16)19-13(10)20/h4,6H,5H2,1-3H3,(H2,16,18,19). The van der Waals surface area contributed by atoms with Gasteiger partial charge in [0.1, 0.15) is 22.4 Å². The van der Waals surface area contributed by atoms with Crippen LogP contribution in [0.25, 0.3) is 11.2 Å². The van der Waals surface area contributed by atoms with E-state index in [0.717, 1.165) is 15.9 Å². The number of nitrogen functional groups attached to an aromatic ring is 1. The maximum Gasteiger partial charge on any atom is 0.223 e. The number of nitrogens with two attached hydrogens (primary N) is 1. The van der Waals surface area contributed by atoms with E-state index in [1.54, 1.807) is 18.0 Å². The molecule has 0 aromatic carbocycles. The van der Waals surface area contributed by atoms with Crippen molar-refractivity contribution in [2.45, 2.75) is 20.4 Å². The Balaban J connectivity index is 2.13. The summed E-state index contributed by atoms with van der Waals surface area (Å²) in [7, 11) is 1.59. The van der Waals surface area contributed by atoms with E-state index in [0.29, 0.717) is 33.8 Å². The monoisotopic (exact) mass is 378 g/mol. The van der Waals surface area contributed by atoms with Gasteiger partial charge in [-0.25, -0.2) is 9.97 Å². The molecule has 0 aliphatic rings. The summed E-state index contributed by atoms with van der Waals surface area (Å²) < 4.78 is 8.51. The average molecular weight is 379 g/mol. The van der Waals surface area contributed by atoms with Crippen molar-refractivity contribution in [3.8, 4) is 5.75 Å². The molecular formula is C14H15BrN6O2. The van der Waals surface area contributed by atoms with Crippen molar-refractivity contribution in [3.05, 3.63) is 39.2 Å². The van der Waals surface area contributed by atoms with Crippen LogP contribution < -0.4 is 15.2 Å². The van der Waals surface area contributed by atoms with Gasteiger partial charge in [0.2, 0.25) is 11.6 Å². The highest BCUT2D eigenvalue weighted by Gasteiger charge is 2.20. The Kier molecular flexibility index (Phi) is 3.80. The highest BCUT2D eigenvalue weighted by molar-refractivity contribution is 9.10. The van der Waals surface area contributed by atoms with Crippen LogP contribution in [-0.4, -0.2) is 26.6 Å². The number of hydrogen-bond acceptors (Lipinski definition) is 6. The Morgan fingerprint density at radius 1 is 1.39 bits per heavy atom. The average Bonchev–Trinajstić information content (AvgIpc) is 2.87. The van der Waals surface area contributed by atoms with Gasteiger partial charge in [0, 0.05) is 0 Å². The highest BCUT2D eigenvalue weighted by atomic mass is 79.9. The molecule has 9 heteroatoms. The molecule has 0 bridgehead atoms. The van der Waals surface area contributed by atoms with Crippen molar-refractivity contribution < 1.29 is 9.47 Å². The molecule has 23 heavy (non-hydrogen) atoms. The van der Waals surface area contributed by atoms with E-state index >= 15 is 0 Å². The van der Waals surface area contributed by atoms with Gasteiger partial charge in [-0.15, -0.1) is 0 Å². The summed E-state index contributed by atoms with van der Waals surface area (Å²) in [5.74, 6) is 0.839. The molecular weight excluding hydrogens is 364 g/mol. The molecule has 120 valence electrons. The second kappa shape index (κ2) is 5.65. The smallest absolute Gasteiger partial charge is 0.223 e. The van der Waals surface area contributed by atoms with E-state index in [2.05, 4.69) is 30.9 Å². The van der Waals surface area contributed by atoms with Crippen molar-refractivity contribution in [1.82, 2.24) is 19.5 Å². The van der Waals surface area contributed by atoms with Crippen LogP contribution in [0.4, 0.5) is 5.95 Å². The van der Waals surface area contributed by atoms with E-state index in [9.17, 15) is 5.21 Å². The van der Waals surface area contributed by atoms with Crippen LogP contribution >= 0.6 is 15.9 Å². The Bertz CT molecular complexity index is 908. The third kappa shape index (κ3) is 2.56. The third-order valence-corrected chi connectivity index (χ3v) is 4.22. The molecule has 0 aliphatic heterocycles. The fourth-order valence-electron chi connectivity index (χ4n) is 2.61. The number of aryl methyl sites for hydroxylation is 1. The second-order valence-corrected chi connectivity index (χ2v) is 5.91. The summed E-state index contributed by atoms with van der Waals surface area (Å²) in [6.07, 6.45) is 3.11. The number of nitrogens with zero attached hydrogens (tertiary/aromatic N) is 5. The molecule has 0 aliphatic carbocycles. The highest BCUT2D eigenvalue weighted by Crippen LogP contribution is 2.25. The number of hydrogen-bond donors (Lipinski definition) is 1. The summed E-state index contributed by atoms with van der Waals surface area (Å²) in [4.78, 5) is 12.5. The number of halogens is 1. The lowest BCUT2D eigenvalue weighted by Crippen LogP contribution is -2.34. The predicted molar refractivity (Wildman–Crippen MR) is 88.0 cm³/mol. The molecule has 8 nitrogen and oxygen atoms in total. The van der Waals surface area contributed by atoms with Crippen LogP contribution in [0.2, 0.25) is 0 Å². The Hall–Kier alpha value is -2.42. The van der Waals surface area contributed by atoms with Crippen LogP contribution in [0.1, 0.15) is 16.8 Å². The minimum absolute atomic E-state index is 0.138. The Labute approximate surface area is 140 Å². The topological polar surface area (TPSA) is 106 Å². The van der Waals surface area contributed by atoms with E-state index in [-0.39, 0.29) is 5.95 Å². The Morgan fingerprint density at radius 2 is 2.13 bits per heavy atom. The minimum atomic E-state index is 0.138. The number of ether oxygens (including phenoxy) is 1. The zero-order chi connectivity index (χ0) is 16.7. The normalized spacial score (nSPS) is 11.1. The first kappa shape index (κ1) is 15.5. The zero-order valence-electron chi connectivity index (χ0n) is 12.9. The van der Waals surface area contributed by atoms with Crippen molar-refractivity contribution in [1.29, 1.82) is 0 Å². The first-order chi connectivity index (χ1) is 10.9. The maximum atomic E-state index is 12.3. The SMILES string of the molecule is COc1c(C)c[n+]([O-])c(Cn2cnc3c(Br)nc(N)nc32)c1C. The van der Waals surface area contributed by atoms with Crippen LogP contribution in [0.15, 0.2) is 17.1 Å². The number of imidazole rings is 1. The molecule has 3 rings (SSSR count). The van der Waals surface area contributed by atoms with Crippen LogP contribution in [0.3, 0.4) is 0 Å². The number of methoxy groups -OCH3 is 1. The first-order valence-corrected chi connectivity index (χ1v) is 7.61. The number of anilines is 1. The number of pyridine rings is 1. The summed E-state index contributed by atoms with van der Waals surface area (Å²) in [5.41, 5.74) is 8.97. The fraction of sp³-hybridized carbons (Fsp3) is 0.286. The molecule has 0 unspecified atom stereocenters. The molecule has 0 spiro atoms. The lowest BCUT2D eigenvalue weighted by Gasteiger charge is -2.13. The van der Waals surface area contributed by atoms with Crippen LogP contribution in [-0.2, 0) is 6.54 Å². The van der Waals surface area contributed by atoms with Crippen molar-refractivity contribution >= 4 is 33.0 Å². The molecule has 0 fully saturated rings. The van der Waals surface area contributed by atoms with Crippen LogP contribution in [0.5, 0.6) is 5.75 Å². The van der Waals surface area contributed by atoms with Crippen molar-refractivity contribution in [3.63, 3.8) is 0 Å².